The van der Waals surface area contributed by atoms with Crippen molar-refractivity contribution in [3.05, 3.63) is 54.3 Å². The molecule has 1 atom stereocenters. The van der Waals surface area contributed by atoms with Crippen LogP contribution >= 0.6 is 0 Å². The van der Waals surface area contributed by atoms with E-state index in [2.05, 4.69) is 9.82 Å². The summed E-state index contributed by atoms with van der Waals surface area (Å²) >= 11 is 0. The van der Waals surface area contributed by atoms with E-state index in [1.54, 1.807) is 42.5 Å². The van der Waals surface area contributed by atoms with Crippen molar-refractivity contribution < 1.29 is 21.3 Å². The van der Waals surface area contributed by atoms with Crippen LogP contribution < -0.4 is 4.72 Å². The lowest BCUT2D eigenvalue weighted by Crippen LogP contribution is -2.20. The second-order valence-electron chi connectivity index (χ2n) is 7.00. The van der Waals surface area contributed by atoms with E-state index >= 15 is 0 Å². The highest BCUT2D eigenvalue weighted by Gasteiger charge is 2.32. The Bertz CT molecular complexity index is 1210. The number of rotatable bonds is 6. The quantitative estimate of drug-likeness (QED) is 0.637. The number of nitrogens with zero attached hydrogens (tertiary/aromatic N) is 2. The van der Waals surface area contributed by atoms with Crippen molar-refractivity contribution in [2.45, 2.75) is 30.7 Å². The maximum atomic E-state index is 12.9. The average Bonchev–Trinajstić information content (AvgIpc) is 3.41. The molecule has 0 bridgehead atoms. The molecule has 154 valence electrons. The van der Waals surface area contributed by atoms with E-state index in [4.69, 9.17) is 4.42 Å². The maximum Gasteiger partial charge on any atom is 0.263 e. The fraction of sp³-hybridized carbons (Fsp3) is 0.316. The third kappa shape index (κ3) is 4.08. The lowest BCUT2D eigenvalue weighted by molar-refractivity contribution is 0.504. The number of benzene rings is 1. The molecular weight excluding hydrogens is 414 g/mol. The van der Waals surface area contributed by atoms with Crippen LogP contribution in [0.1, 0.15) is 24.9 Å². The Morgan fingerprint density at radius 1 is 1.24 bits per heavy atom. The molecule has 0 spiro atoms. The predicted octanol–water partition coefficient (Wildman–Crippen LogP) is 2.87. The molecule has 2 aromatic heterocycles. The fourth-order valence-electron chi connectivity index (χ4n) is 3.36. The zero-order chi connectivity index (χ0) is 20.6. The number of sulfone groups is 1. The van der Waals surface area contributed by atoms with Crippen LogP contribution in [0.25, 0.3) is 11.5 Å². The first kappa shape index (κ1) is 19.7. The molecule has 1 fully saturated rings. The molecule has 3 aromatic rings. The van der Waals surface area contributed by atoms with Crippen LogP contribution in [0.2, 0.25) is 0 Å². The van der Waals surface area contributed by atoms with Crippen LogP contribution in [0, 0.1) is 0 Å². The molecule has 3 heterocycles. The predicted molar refractivity (Wildman–Crippen MR) is 109 cm³/mol. The van der Waals surface area contributed by atoms with Gasteiger partial charge in [-0.05, 0) is 42.7 Å². The first-order valence-corrected chi connectivity index (χ1v) is 12.5. The average molecular weight is 436 g/mol. The van der Waals surface area contributed by atoms with Gasteiger partial charge in [0.2, 0.25) is 0 Å². The maximum absolute atomic E-state index is 12.9. The third-order valence-corrected chi connectivity index (χ3v) is 8.07. The number of aryl methyl sites for hydroxylation is 1. The highest BCUT2D eigenvalue weighted by atomic mass is 32.2. The van der Waals surface area contributed by atoms with Gasteiger partial charge in [0.1, 0.15) is 11.5 Å². The van der Waals surface area contributed by atoms with Gasteiger partial charge in [0.05, 0.1) is 28.7 Å². The topological polar surface area (TPSA) is 111 Å². The minimum Gasteiger partial charge on any atom is -0.463 e. The molecule has 1 aromatic carbocycles. The van der Waals surface area contributed by atoms with Gasteiger partial charge in [-0.3, -0.25) is 4.72 Å². The lowest BCUT2D eigenvalue weighted by Gasteiger charge is -2.14. The normalized spacial score (nSPS) is 18.7. The standard InChI is InChI=1S/C19H21N3O5S2/c1-2-14-5-7-16(8-6-14)29(25,26)21-19-12-17(18-4-3-10-27-18)20-22(19)15-9-11-28(23,24)13-15/h3-8,10,12,15,21H,2,9,11,13H2,1H3/t15-/m1/s1. The number of hydrogen-bond donors (Lipinski definition) is 1. The summed E-state index contributed by atoms with van der Waals surface area (Å²) < 4.78 is 59.0. The number of anilines is 1. The second kappa shape index (κ2) is 7.34. The molecular formula is C19H21N3O5S2. The Morgan fingerprint density at radius 2 is 2.00 bits per heavy atom. The summed E-state index contributed by atoms with van der Waals surface area (Å²) in [5, 5.41) is 4.44. The Balaban J connectivity index is 1.71. The molecule has 29 heavy (non-hydrogen) atoms. The molecule has 0 amide bonds. The van der Waals surface area contributed by atoms with Crippen molar-refractivity contribution in [2.24, 2.45) is 0 Å². The summed E-state index contributed by atoms with van der Waals surface area (Å²) in [6.07, 6.45) is 2.68. The van der Waals surface area contributed by atoms with E-state index in [0.717, 1.165) is 12.0 Å². The van der Waals surface area contributed by atoms with Crippen molar-refractivity contribution in [1.82, 2.24) is 9.78 Å². The largest absolute Gasteiger partial charge is 0.463 e. The smallest absolute Gasteiger partial charge is 0.263 e. The first-order valence-electron chi connectivity index (χ1n) is 9.23. The van der Waals surface area contributed by atoms with Gasteiger partial charge in [0.25, 0.3) is 10.0 Å². The molecule has 0 radical (unpaired) electrons. The van der Waals surface area contributed by atoms with E-state index in [-0.39, 0.29) is 22.2 Å². The van der Waals surface area contributed by atoms with Gasteiger partial charge in [0.15, 0.2) is 15.6 Å². The van der Waals surface area contributed by atoms with Crippen LogP contribution in [0.5, 0.6) is 0 Å². The summed E-state index contributed by atoms with van der Waals surface area (Å²) in [7, 11) is -7.04. The van der Waals surface area contributed by atoms with Gasteiger partial charge in [-0.1, -0.05) is 19.1 Å². The molecule has 4 rings (SSSR count). The Labute approximate surface area is 169 Å². The van der Waals surface area contributed by atoms with E-state index < -0.39 is 25.9 Å². The minimum absolute atomic E-state index is 0.0539. The minimum atomic E-state index is -3.87. The molecule has 1 N–H and O–H groups in total. The number of sulfonamides is 1. The summed E-state index contributed by atoms with van der Waals surface area (Å²) in [4.78, 5) is 0.126. The third-order valence-electron chi connectivity index (χ3n) is 4.94. The molecule has 1 aliphatic heterocycles. The van der Waals surface area contributed by atoms with Crippen LogP contribution in [0.4, 0.5) is 5.82 Å². The number of furan rings is 1. The van der Waals surface area contributed by atoms with Gasteiger partial charge in [-0.25, -0.2) is 21.5 Å². The van der Waals surface area contributed by atoms with Crippen molar-refractivity contribution >= 4 is 25.7 Å². The zero-order valence-corrected chi connectivity index (χ0v) is 17.4. The van der Waals surface area contributed by atoms with Crippen molar-refractivity contribution in [3.63, 3.8) is 0 Å². The lowest BCUT2D eigenvalue weighted by atomic mass is 10.2. The van der Waals surface area contributed by atoms with E-state index in [9.17, 15) is 16.8 Å². The van der Waals surface area contributed by atoms with Crippen molar-refractivity contribution in [1.29, 1.82) is 0 Å². The Hall–Kier alpha value is -2.59. The number of nitrogens with one attached hydrogen (secondary N) is 1. The summed E-state index contributed by atoms with van der Waals surface area (Å²) in [5.41, 5.74) is 1.46. The zero-order valence-electron chi connectivity index (χ0n) is 15.8. The van der Waals surface area contributed by atoms with Crippen molar-refractivity contribution in [3.8, 4) is 11.5 Å². The molecule has 8 nitrogen and oxygen atoms in total. The van der Waals surface area contributed by atoms with Crippen molar-refractivity contribution in [2.75, 3.05) is 16.2 Å². The molecule has 1 saturated heterocycles. The molecule has 10 heteroatoms. The highest BCUT2D eigenvalue weighted by Crippen LogP contribution is 2.31. The van der Waals surface area contributed by atoms with E-state index in [1.807, 2.05) is 6.92 Å². The van der Waals surface area contributed by atoms with Gasteiger partial charge in [0, 0.05) is 6.07 Å². The van der Waals surface area contributed by atoms with Crippen LogP contribution in [0.15, 0.2) is 58.0 Å². The highest BCUT2D eigenvalue weighted by molar-refractivity contribution is 7.92. The van der Waals surface area contributed by atoms with E-state index in [1.165, 1.54) is 10.9 Å². The van der Waals surface area contributed by atoms with Gasteiger partial charge < -0.3 is 4.42 Å². The molecule has 0 unspecified atom stereocenters. The molecule has 1 aliphatic rings. The summed E-state index contributed by atoms with van der Waals surface area (Å²) in [5.74, 6) is 0.653. The molecule has 0 saturated carbocycles. The molecule has 0 aliphatic carbocycles. The summed E-state index contributed by atoms with van der Waals surface area (Å²) in [6, 6.07) is 11.2. The number of hydrogen-bond acceptors (Lipinski definition) is 6. The van der Waals surface area contributed by atoms with Crippen LogP contribution in [-0.4, -0.2) is 38.1 Å². The first-order chi connectivity index (χ1) is 13.8. The SMILES string of the molecule is CCc1ccc(S(=O)(=O)Nc2cc(-c3ccco3)nn2[C@@H]2CCS(=O)(=O)C2)cc1. The fourth-order valence-corrected chi connectivity index (χ4v) is 6.09. The Kier molecular flexibility index (Phi) is 4.99. The van der Waals surface area contributed by atoms with Crippen LogP contribution in [0.3, 0.4) is 0 Å². The van der Waals surface area contributed by atoms with Gasteiger partial charge >= 0.3 is 0 Å². The van der Waals surface area contributed by atoms with Gasteiger partial charge in [-0.2, -0.15) is 5.10 Å². The summed E-state index contributed by atoms with van der Waals surface area (Å²) in [6.45, 7) is 1.99. The van der Waals surface area contributed by atoms with Gasteiger partial charge in [-0.15, -0.1) is 0 Å². The second-order valence-corrected chi connectivity index (χ2v) is 10.9. The number of aromatic nitrogens is 2. The Morgan fingerprint density at radius 3 is 2.59 bits per heavy atom. The monoisotopic (exact) mass is 435 g/mol. The van der Waals surface area contributed by atoms with E-state index in [0.29, 0.717) is 17.9 Å². The van der Waals surface area contributed by atoms with Crippen LogP contribution in [-0.2, 0) is 26.3 Å².